The molecule has 0 radical (unpaired) electrons. The van der Waals surface area contributed by atoms with Gasteiger partial charge in [-0.2, -0.15) is 5.10 Å². The van der Waals surface area contributed by atoms with Gasteiger partial charge in [-0.3, -0.25) is 0 Å². The van der Waals surface area contributed by atoms with Gasteiger partial charge in [-0.1, -0.05) is 68.3 Å². The maximum atomic E-state index is 6.56. The third-order valence-electron chi connectivity index (χ3n) is 5.91. The second-order valence-electron chi connectivity index (χ2n) is 8.11. The summed E-state index contributed by atoms with van der Waals surface area (Å²) in [4.78, 5) is 2.53. The van der Waals surface area contributed by atoms with Gasteiger partial charge in [0, 0.05) is 12.1 Å². The van der Waals surface area contributed by atoms with Gasteiger partial charge in [-0.25, -0.2) is 4.68 Å². The molecule has 1 aromatic heterocycles. The van der Waals surface area contributed by atoms with Gasteiger partial charge < -0.3 is 9.64 Å². The van der Waals surface area contributed by atoms with Crippen molar-refractivity contribution in [3.8, 4) is 5.69 Å². The van der Waals surface area contributed by atoms with E-state index in [1.54, 1.807) is 0 Å². The van der Waals surface area contributed by atoms with Crippen LogP contribution in [0.25, 0.3) is 5.69 Å². The number of benzene rings is 2. The molecule has 1 saturated heterocycles. The van der Waals surface area contributed by atoms with Gasteiger partial charge in [0.2, 0.25) is 0 Å². The summed E-state index contributed by atoms with van der Waals surface area (Å²) in [7, 11) is 0. The van der Waals surface area contributed by atoms with E-state index in [4.69, 9.17) is 9.84 Å². The molecule has 158 valence electrons. The molecule has 2 aromatic carbocycles. The van der Waals surface area contributed by atoms with Gasteiger partial charge in [-0.05, 0) is 50.0 Å². The van der Waals surface area contributed by atoms with E-state index in [-0.39, 0.29) is 6.10 Å². The Labute approximate surface area is 180 Å². The quantitative estimate of drug-likeness (QED) is 0.478. The summed E-state index contributed by atoms with van der Waals surface area (Å²) in [6.07, 6.45) is 7.96. The molecule has 1 fully saturated rings. The second-order valence-corrected chi connectivity index (χ2v) is 8.11. The molecule has 4 heteroatoms. The van der Waals surface area contributed by atoms with Gasteiger partial charge in [0.05, 0.1) is 24.2 Å². The molecule has 0 N–H and O–H groups in total. The summed E-state index contributed by atoms with van der Waals surface area (Å²) in [6, 6.07) is 21.0. The standard InChI is InChI=1S/C26H33N3O/c1-2-12-25-24(21-27-29(25)23-15-8-4-9-16-23)26(22-13-6-3-7-14-22)30-20-19-28-17-10-5-11-18-28/h3-4,6-9,13-16,21,26H,2,5,10-12,17-20H2,1H3. The van der Waals surface area contributed by atoms with E-state index >= 15 is 0 Å². The lowest BCUT2D eigenvalue weighted by Gasteiger charge is -2.27. The Kier molecular flexibility index (Phi) is 7.33. The maximum Gasteiger partial charge on any atom is 0.111 e. The van der Waals surface area contributed by atoms with Crippen molar-refractivity contribution >= 4 is 0 Å². The summed E-state index contributed by atoms with van der Waals surface area (Å²) < 4.78 is 8.64. The topological polar surface area (TPSA) is 30.3 Å². The summed E-state index contributed by atoms with van der Waals surface area (Å²) in [5.74, 6) is 0. The zero-order chi connectivity index (χ0) is 20.6. The lowest BCUT2D eigenvalue weighted by molar-refractivity contribution is 0.0553. The molecule has 1 unspecified atom stereocenters. The van der Waals surface area contributed by atoms with E-state index in [1.165, 1.54) is 49.2 Å². The van der Waals surface area contributed by atoms with Crippen molar-refractivity contribution in [1.82, 2.24) is 14.7 Å². The summed E-state index contributed by atoms with van der Waals surface area (Å²) in [5, 5.41) is 4.78. The Hall–Kier alpha value is -2.43. The Morgan fingerprint density at radius 1 is 0.933 bits per heavy atom. The fraction of sp³-hybridized carbons (Fsp3) is 0.423. The van der Waals surface area contributed by atoms with Crippen LogP contribution in [0.15, 0.2) is 66.9 Å². The Balaban J connectivity index is 1.60. The smallest absolute Gasteiger partial charge is 0.111 e. The number of para-hydroxylation sites is 1. The highest BCUT2D eigenvalue weighted by molar-refractivity contribution is 5.38. The first-order valence-corrected chi connectivity index (χ1v) is 11.4. The van der Waals surface area contributed by atoms with Crippen molar-refractivity contribution in [1.29, 1.82) is 0 Å². The summed E-state index contributed by atoms with van der Waals surface area (Å²) >= 11 is 0. The first-order chi connectivity index (χ1) is 14.9. The first kappa shape index (κ1) is 20.8. The Morgan fingerprint density at radius 3 is 2.33 bits per heavy atom. The van der Waals surface area contributed by atoms with Gasteiger partial charge in [0.15, 0.2) is 0 Å². The van der Waals surface area contributed by atoms with Crippen LogP contribution >= 0.6 is 0 Å². The molecule has 0 amide bonds. The number of aromatic nitrogens is 2. The first-order valence-electron chi connectivity index (χ1n) is 11.4. The molecule has 0 spiro atoms. The Morgan fingerprint density at radius 2 is 1.63 bits per heavy atom. The highest BCUT2D eigenvalue weighted by Gasteiger charge is 2.23. The minimum atomic E-state index is -0.0880. The summed E-state index contributed by atoms with van der Waals surface area (Å²) in [6.45, 7) is 6.36. The number of hydrogen-bond donors (Lipinski definition) is 0. The normalized spacial score (nSPS) is 15.9. The molecule has 4 nitrogen and oxygen atoms in total. The van der Waals surface area contributed by atoms with Crippen LogP contribution in [0, 0.1) is 0 Å². The molecule has 1 aliphatic heterocycles. The third-order valence-corrected chi connectivity index (χ3v) is 5.91. The molecule has 0 saturated carbocycles. The van der Waals surface area contributed by atoms with Gasteiger partial charge in [0.25, 0.3) is 0 Å². The molecule has 30 heavy (non-hydrogen) atoms. The van der Waals surface area contributed by atoms with Crippen LogP contribution < -0.4 is 0 Å². The van der Waals surface area contributed by atoms with Crippen LogP contribution in [0.1, 0.15) is 55.5 Å². The molecule has 1 atom stereocenters. The number of piperidine rings is 1. The van der Waals surface area contributed by atoms with Gasteiger partial charge >= 0.3 is 0 Å². The van der Waals surface area contributed by atoms with Crippen LogP contribution in [0.5, 0.6) is 0 Å². The third kappa shape index (κ3) is 5.00. The number of ether oxygens (including phenoxy) is 1. The van der Waals surface area contributed by atoms with Crippen molar-refractivity contribution in [3.05, 3.63) is 83.7 Å². The SMILES string of the molecule is CCCc1c(C(OCCN2CCCCC2)c2ccccc2)cnn1-c1ccccc1. The van der Waals surface area contributed by atoms with Crippen LogP contribution in [-0.2, 0) is 11.2 Å². The average Bonchev–Trinajstić information content (AvgIpc) is 3.22. The second kappa shape index (κ2) is 10.6. The lowest BCUT2D eigenvalue weighted by atomic mass is 10.00. The minimum absolute atomic E-state index is 0.0880. The molecule has 1 aliphatic rings. The van der Waals surface area contributed by atoms with E-state index in [0.717, 1.165) is 31.7 Å². The molecular weight excluding hydrogens is 370 g/mol. The van der Waals surface area contributed by atoms with Crippen LogP contribution in [0.3, 0.4) is 0 Å². The predicted molar refractivity (Wildman–Crippen MR) is 122 cm³/mol. The Bertz CT molecular complexity index is 885. The van der Waals surface area contributed by atoms with E-state index in [0.29, 0.717) is 0 Å². The molecule has 2 heterocycles. The van der Waals surface area contributed by atoms with Crippen LogP contribution in [0.2, 0.25) is 0 Å². The minimum Gasteiger partial charge on any atom is -0.367 e. The fourth-order valence-corrected chi connectivity index (χ4v) is 4.36. The van der Waals surface area contributed by atoms with Crippen LogP contribution in [0.4, 0.5) is 0 Å². The molecule has 3 aromatic rings. The largest absolute Gasteiger partial charge is 0.367 e. The number of hydrogen-bond acceptors (Lipinski definition) is 3. The molecular formula is C26H33N3O. The van der Waals surface area contributed by atoms with E-state index in [1.807, 2.05) is 12.3 Å². The van der Waals surface area contributed by atoms with Gasteiger partial charge in [-0.15, -0.1) is 0 Å². The van der Waals surface area contributed by atoms with Crippen molar-refractivity contribution in [2.75, 3.05) is 26.2 Å². The van der Waals surface area contributed by atoms with E-state index in [2.05, 4.69) is 71.1 Å². The zero-order valence-electron chi connectivity index (χ0n) is 18.0. The zero-order valence-corrected chi connectivity index (χ0v) is 18.0. The van der Waals surface area contributed by atoms with Crippen molar-refractivity contribution in [2.45, 2.75) is 45.1 Å². The fourth-order valence-electron chi connectivity index (χ4n) is 4.36. The number of likely N-dealkylation sites (tertiary alicyclic amines) is 1. The highest BCUT2D eigenvalue weighted by Crippen LogP contribution is 2.30. The molecule has 4 rings (SSSR count). The van der Waals surface area contributed by atoms with E-state index in [9.17, 15) is 0 Å². The van der Waals surface area contributed by atoms with Crippen molar-refractivity contribution in [2.24, 2.45) is 0 Å². The lowest BCUT2D eigenvalue weighted by Crippen LogP contribution is -2.33. The maximum absolute atomic E-state index is 6.56. The van der Waals surface area contributed by atoms with E-state index < -0.39 is 0 Å². The van der Waals surface area contributed by atoms with Gasteiger partial charge in [0.1, 0.15) is 6.10 Å². The molecule has 0 aliphatic carbocycles. The van der Waals surface area contributed by atoms with Crippen molar-refractivity contribution < 1.29 is 4.74 Å². The van der Waals surface area contributed by atoms with Crippen LogP contribution in [-0.4, -0.2) is 40.9 Å². The number of rotatable bonds is 9. The molecule has 0 bridgehead atoms. The summed E-state index contributed by atoms with van der Waals surface area (Å²) in [5.41, 5.74) is 4.73. The number of nitrogens with zero attached hydrogens (tertiary/aromatic N) is 3. The van der Waals surface area contributed by atoms with Crippen molar-refractivity contribution in [3.63, 3.8) is 0 Å². The predicted octanol–water partition coefficient (Wildman–Crippen LogP) is 5.42. The average molecular weight is 404 g/mol. The monoisotopic (exact) mass is 403 g/mol. The highest BCUT2D eigenvalue weighted by atomic mass is 16.5.